The predicted octanol–water partition coefficient (Wildman–Crippen LogP) is 4.68. The molecular formula is C43H47N9O8S. The number of nitrogens with one attached hydrogen (secondary N) is 3. The van der Waals surface area contributed by atoms with Gasteiger partial charge in [-0.1, -0.05) is 31.0 Å². The van der Waals surface area contributed by atoms with Crippen molar-refractivity contribution in [3.63, 3.8) is 0 Å². The van der Waals surface area contributed by atoms with Crippen LogP contribution in [0.25, 0.3) is 16.8 Å². The number of anilines is 4. The third kappa shape index (κ3) is 9.14. The lowest BCUT2D eigenvalue weighted by Crippen LogP contribution is -2.54. The number of piperazine rings is 1. The Kier molecular flexibility index (Phi) is 11.9. The van der Waals surface area contributed by atoms with E-state index in [0.29, 0.717) is 29.7 Å². The number of fused-ring (bicyclic) bond motifs is 2. The topological polar surface area (TPSA) is 197 Å². The zero-order valence-electron chi connectivity index (χ0n) is 33.9. The second-order valence-electron chi connectivity index (χ2n) is 15.3. The van der Waals surface area contributed by atoms with Gasteiger partial charge in [-0.3, -0.25) is 39.0 Å². The average molecular weight is 850 g/mol. The summed E-state index contributed by atoms with van der Waals surface area (Å²) in [7, 11) is -1.79. The van der Waals surface area contributed by atoms with Gasteiger partial charge in [0.2, 0.25) is 27.8 Å². The Morgan fingerprint density at radius 3 is 2.46 bits per heavy atom. The van der Waals surface area contributed by atoms with Crippen LogP contribution in [0.4, 0.5) is 23.0 Å². The van der Waals surface area contributed by atoms with Crippen molar-refractivity contribution in [1.29, 1.82) is 0 Å². The summed E-state index contributed by atoms with van der Waals surface area (Å²) >= 11 is 0. The normalized spacial score (nSPS) is 17.1. The fourth-order valence-corrected chi connectivity index (χ4v) is 8.60. The number of carbonyl (C=O) groups excluding carboxylic acids is 4. The number of unbranched alkanes of at least 4 members (excludes halogenated alkanes) is 3. The zero-order valence-corrected chi connectivity index (χ0v) is 34.7. The number of amides is 4. The minimum absolute atomic E-state index is 0.0668. The van der Waals surface area contributed by atoms with E-state index >= 15 is 0 Å². The first-order valence-corrected chi connectivity index (χ1v) is 22.2. The molecule has 3 N–H and O–H groups in total. The van der Waals surface area contributed by atoms with Crippen LogP contribution in [0.1, 0.15) is 59.2 Å². The molecule has 5 heterocycles. The molecule has 0 aliphatic carbocycles. The van der Waals surface area contributed by atoms with Crippen LogP contribution < -0.4 is 29.7 Å². The van der Waals surface area contributed by atoms with Crippen LogP contribution in [-0.2, 0) is 19.6 Å². The smallest absolute Gasteiger partial charge is 0.266 e. The molecular weight excluding hydrogens is 803 g/mol. The van der Waals surface area contributed by atoms with Crippen molar-refractivity contribution in [2.45, 2.75) is 44.6 Å². The van der Waals surface area contributed by atoms with Gasteiger partial charge in [0, 0.05) is 55.6 Å². The summed E-state index contributed by atoms with van der Waals surface area (Å²) < 4.78 is 39.6. The number of carbonyl (C=O) groups is 4. The molecule has 1 unspecified atom stereocenters. The third-order valence-corrected chi connectivity index (χ3v) is 11.7. The van der Waals surface area contributed by atoms with E-state index in [2.05, 4.69) is 36.2 Å². The summed E-state index contributed by atoms with van der Waals surface area (Å²) in [4.78, 5) is 60.7. The van der Waals surface area contributed by atoms with Gasteiger partial charge in [0.05, 0.1) is 54.2 Å². The molecule has 3 aliphatic rings. The van der Waals surface area contributed by atoms with Gasteiger partial charge in [0.25, 0.3) is 11.8 Å². The quantitative estimate of drug-likeness (QED) is 0.0915. The maximum absolute atomic E-state index is 13.3. The lowest BCUT2D eigenvalue weighted by molar-refractivity contribution is -0.136. The van der Waals surface area contributed by atoms with Crippen LogP contribution in [-0.4, -0.2) is 115 Å². The molecule has 0 radical (unpaired) electrons. The van der Waals surface area contributed by atoms with Crippen LogP contribution in [0, 0.1) is 0 Å². The standard InChI is InChI=1S/C43H47N9O8S/c1-59-37-26-30(13-15-33(37)45-43-44-27-31-14-16-34(52(31)47-43)28-9-7-10-29(25-28)48-61(2,57)58)50-22-20-49(21-23-50)19-5-3-4-6-24-60-36-12-8-11-32-39(36)42(56)51(41(32)55)35-17-18-38(53)46-40(35)54/h7-16,25-27,35,48H,3-6,17-24H2,1-2H3,(H,45,47)(H,46,53,54). The average Bonchev–Trinajstić information content (AvgIpc) is 3.78. The molecule has 0 saturated carbocycles. The van der Waals surface area contributed by atoms with Gasteiger partial charge in [-0.2, -0.15) is 0 Å². The molecule has 0 bridgehead atoms. The van der Waals surface area contributed by atoms with Crippen LogP contribution in [0.15, 0.2) is 79.0 Å². The maximum Gasteiger partial charge on any atom is 0.266 e. The minimum Gasteiger partial charge on any atom is -0.494 e. The Balaban J connectivity index is 0.784. The number of ether oxygens (including phenoxy) is 2. The van der Waals surface area contributed by atoms with Gasteiger partial charge >= 0.3 is 0 Å². The number of nitrogens with zero attached hydrogens (tertiary/aromatic N) is 6. The van der Waals surface area contributed by atoms with Gasteiger partial charge in [0.1, 0.15) is 17.5 Å². The summed E-state index contributed by atoms with van der Waals surface area (Å²) in [6, 6.07) is 20.9. The van der Waals surface area contributed by atoms with Crippen LogP contribution in [0.5, 0.6) is 11.5 Å². The summed E-state index contributed by atoms with van der Waals surface area (Å²) in [6.45, 7) is 5.03. The third-order valence-electron chi connectivity index (χ3n) is 11.1. The molecule has 1 atom stereocenters. The van der Waals surface area contributed by atoms with Gasteiger partial charge < -0.3 is 19.7 Å². The van der Waals surface area contributed by atoms with Gasteiger partial charge in [-0.25, -0.2) is 17.9 Å². The molecule has 61 heavy (non-hydrogen) atoms. The molecule has 2 saturated heterocycles. The Morgan fingerprint density at radius 2 is 1.67 bits per heavy atom. The van der Waals surface area contributed by atoms with Crippen molar-refractivity contribution in [1.82, 2.24) is 29.7 Å². The Labute approximate surface area is 353 Å². The Bertz CT molecular complexity index is 2610. The Morgan fingerprint density at radius 1 is 0.869 bits per heavy atom. The van der Waals surface area contributed by atoms with E-state index in [1.54, 1.807) is 54.2 Å². The largest absolute Gasteiger partial charge is 0.494 e. The molecule has 3 aliphatic heterocycles. The van der Waals surface area contributed by atoms with E-state index < -0.39 is 39.7 Å². The molecule has 2 fully saturated rings. The zero-order chi connectivity index (χ0) is 42.7. The first-order chi connectivity index (χ1) is 29.5. The molecule has 4 amide bonds. The highest BCUT2D eigenvalue weighted by molar-refractivity contribution is 7.92. The van der Waals surface area contributed by atoms with Crippen LogP contribution >= 0.6 is 0 Å². The molecule has 8 rings (SSSR count). The fourth-order valence-electron chi connectivity index (χ4n) is 8.04. The van der Waals surface area contributed by atoms with E-state index in [0.717, 1.165) is 97.7 Å². The van der Waals surface area contributed by atoms with E-state index in [4.69, 9.17) is 14.6 Å². The molecule has 5 aromatic rings. The van der Waals surface area contributed by atoms with Crippen LogP contribution in [0.2, 0.25) is 0 Å². The molecule has 2 aromatic heterocycles. The summed E-state index contributed by atoms with van der Waals surface area (Å²) in [5.41, 5.74) is 4.97. The number of aromatic nitrogens is 3. The van der Waals surface area contributed by atoms with Crippen molar-refractivity contribution >= 4 is 62.2 Å². The highest BCUT2D eigenvalue weighted by Crippen LogP contribution is 2.35. The van der Waals surface area contributed by atoms with E-state index in [-0.39, 0.29) is 24.0 Å². The first-order valence-electron chi connectivity index (χ1n) is 20.3. The summed E-state index contributed by atoms with van der Waals surface area (Å²) in [5, 5.41) is 10.3. The van der Waals surface area contributed by atoms with Crippen LogP contribution in [0.3, 0.4) is 0 Å². The minimum atomic E-state index is -3.42. The lowest BCUT2D eigenvalue weighted by Gasteiger charge is -2.36. The molecule has 17 nitrogen and oxygen atoms in total. The highest BCUT2D eigenvalue weighted by atomic mass is 32.2. The SMILES string of the molecule is COc1cc(N2CCN(CCCCCCOc3cccc4c3C(=O)N(C3CCC(=O)NC3=O)C4=O)CC2)ccc1Nc1ncc2ccc(-c3cccc(NS(C)(=O)=O)c3)n2n1. The molecule has 3 aromatic carbocycles. The highest BCUT2D eigenvalue weighted by Gasteiger charge is 2.46. The first kappa shape index (κ1) is 41.2. The Hall–Kier alpha value is -6.53. The van der Waals surface area contributed by atoms with Crippen molar-refractivity contribution < 1.29 is 37.1 Å². The van der Waals surface area contributed by atoms with Gasteiger partial charge in [-0.15, -0.1) is 5.10 Å². The van der Waals surface area contributed by atoms with Crippen molar-refractivity contribution in [2.75, 3.05) is 67.6 Å². The molecule has 318 valence electrons. The summed E-state index contributed by atoms with van der Waals surface area (Å²) in [5.74, 6) is -0.807. The van der Waals surface area contributed by atoms with Crippen molar-refractivity contribution in [3.05, 3.63) is 90.1 Å². The predicted molar refractivity (Wildman–Crippen MR) is 229 cm³/mol. The van der Waals surface area contributed by atoms with E-state index in [1.807, 2.05) is 30.3 Å². The second-order valence-corrected chi connectivity index (χ2v) is 17.1. The second kappa shape index (κ2) is 17.6. The van der Waals surface area contributed by atoms with E-state index in [1.165, 1.54) is 0 Å². The number of hydrogen-bond acceptors (Lipinski definition) is 13. The number of piperidine rings is 1. The molecule has 0 spiro atoms. The summed E-state index contributed by atoms with van der Waals surface area (Å²) in [6.07, 6.45) is 6.83. The van der Waals surface area contributed by atoms with Crippen molar-refractivity contribution in [2.24, 2.45) is 0 Å². The van der Waals surface area contributed by atoms with Crippen molar-refractivity contribution in [3.8, 4) is 22.8 Å². The maximum atomic E-state index is 13.3. The van der Waals surface area contributed by atoms with Gasteiger partial charge in [-0.05, 0) is 74.3 Å². The number of imide groups is 2. The number of methoxy groups -OCH3 is 1. The monoisotopic (exact) mass is 849 g/mol. The number of hydrogen-bond donors (Lipinski definition) is 3. The lowest BCUT2D eigenvalue weighted by atomic mass is 10.0. The van der Waals surface area contributed by atoms with Gasteiger partial charge in [0.15, 0.2) is 0 Å². The number of benzene rings is 3. The molecule has 18 heteroatoms. The van der Waals surface area contributed by atoms with E-state index in [9.17, 15) is 27.6 Å². The number of rotatable bonds is 16. The number of sulfonamides is 1. The fraction of sp³-hybridized carbons (Fsp3) is 0.349.